The highest BCUT2D eigenvalue weighted by Gasteiger charge is 2.14. The fourth-order valence-corrected chi connectivity index (χ4v) is 5.50. The molecule has 0 bridgehead atoms. The van der Waals surface area contributed by atoms with Crippen LogP contribution < -0.4 is 10.1 Å². The zero-order valence-electron chi connectivity index (χ0n) is 14.7. The first-order valence-electron chi connectivity index (χ1n) is 8.15. The fourth-order valence-electron chi connectivity index (χ4n) is 2.74. The van der Waals surface area contributed by atoms with Crippen LogP contribution in [-0.4, -0.2) is 20.5 Å². The predicted octanol–water partition coefficient (Wildman–Crippen LogP) is 4.74. The molecule has 7 nitrogen and oxygen atoms in total. The summed E-state index contributed by atoms with van der Waals surface area (Å²) in [6.07, 6.45) is 0. The van der Waals surface area contributed by atoms with Crippen LogP contribution in [0.4, 0.5) is 5.69 Å². The quantitative estimate of drug-likeness (QED) is 0.241. The summed E-state index contributed by atoms with van der Waals surface area (Å²) in [4.78, 5) is 28.4. The molecule has 4 rings (SSSR count). The molecule has 146 valence electrons. The van der Waals surface area contributed by atoms with Gasteiger partial charge in [0.05, 0.1) is 20.0 Å². The lowest BCUT2D eigenvalue weighted by atomic mass is 10.2. The maximum absolute atomic E-state index is 12.5. The van der Waals surface area contributed by atoms with Crippen LogP contribution in [0.1, 0.15) is 9.67 Å². The highest BCUT2D eigenvalue weighted by Crippen LogP contribution is 2.29. The van der Waals surface area contributed by atoms with E-state index in [1.165, 1.54) is 34.8 Å². The van der Waals surface area contributed by atoms with Gasteiger partial charge in [-0.25, -0.2) is 0 Å². The number of carbonyl (C=O) groups excluding carboxylic acids is 1. The van der Waals surface area contributed by atoms with Crippen molar-refractivity contribution >= 4 is 87.8 Å². The highest BCUT2D eigenvalue weighted by atomic mass is 79.9. The molecule has 2 aromatic carbocycles. The number of benzene rings is 2. The third-order valence-electron chi connectivity index (χ3n) is 4.12. The second kappa shape index (κ2) is 7.75. The van der Waals surface area contributed by atoms with Crippen molar-refractivity contribution in [3.05, 3.63) is 66.7 Å². The zero-order chi connectivity index (χ0) is 20.7. The van der Waals surface area contributed by atoms with Crippen molar-refractivity contribution in [2.24, 2.45) is 12.0 Å². The van der Waals surface area contributed by atoms with Gasteiger partial charge in [0, 0.05) is 33.7 Å². The molecule has 2 heterocycles. The van der Waals surface area contributed by atoms with Crippen molar-refractivity contribution < 1.29 is 9.72 Å². The van der Waals surface area contributed by atoms with E-state index in [-0.39, 0.29) is 10.8 Å². The minimum Gasteiger partial charge on any atom is -0.319 e. The van der Waals surface area contributed by atoms with Gasteiger partial charge in [0.15, 0.2) is 4.80 Å². The van der Waals surface area contributed by atoms with E-state index in [4.69, 9.17) is 12.2 Å². The number of aromatic nitrogens is 1. The summed E-state index contributed by atoms with van der Waals surface area (Å²) in [6, 6.07) is 12.0. The second-order valence-corrected chi connectivity index (χ2v) is 9.41. The van der Waals surface area contributed by atoms with E-state index in [0.717, 1.165) is 19.4 Å². The lowest BCUT2D eigenvalue weighted by Gasteiger charge is -2.00. The number of halogens is 1. The van der Waals surface area contributed by atoms with Crippen LogP contribution in [0.5, 0.6) is 0 Å². The van der Waals surface area contributed by atoms with E-state index in [2.05, 4.69) is 26.2 Å². The molecular formula is C18H11BrN4O3S3. The van der Waals surface area contributed by atoms with Crippen LogP contribution in [0.2, 0.25) is 0 Å². The molecule has 0 aliphatic carbocycles. The van der Waals surface area contributed by atoms with Crippen molar-refractivity contribution in [1.29, 1.82) is 0 Å². The van der Waals surface area contributed by atoms with Gasteiger partial charge in [-0.2, -0.15) is 4.99 Å². The monoisotopic (exact) mass is 506 g/mol. The number of fused-ring (bicyclic) bond motifs is 2. The first-order chi connectivity index (χ1) is 13.8. The molecule has 11 heteroatoms. The Morgan fingerprint density at radius 3 is 2.76 bits per heavy atom. The zero-order valence-corrected chi connectivity index (χ0v) is 18.7. The van der Waals surface area contributed by atoms with E-state index in [1.807, 2.05) is 29.8 Å². The second-order valence-electron chi connectivity index (χ2n) is 6.02. The molecule has 0 radical (unpaired) electrons. The number of nitrogens with zero attached hydrogens (tertiary/aromatic N) is 3. The molecule has 0 atom stereocenters. The van der Waals surface area contributed by atoms with Crippen LogP contribution >= 0.6 is 50.8 Å². The van der Waals surface area contributed by atoms with Gasteiger partial charge in [-0.3, -0.25) is 20.2 Å². The van der Waals surface area contributed by atoms with Crippen LogP contribution in [-0.2, 0) is 7.05 Å². The number of amides is 1. The Morgan fingerprint density at radius 2 is 2.00 bits per heavy atom. The molecule has 1 amide bonds. The maximum Gasteiger partial charge on any atom is 0.270 e. The summed E-state index contributed by atoms with van der Waals surface area (Å²) >= 11 is 11.4. The van der Waals surface area contributed by atoms with Crippen LogP contribution in [0.15, 0.2) is 51.9 Å². The Kier molecular flexibility index (Phi) is 5.30. The Balaban J connectivity index is 1.59. The SMILES string of the molecule is Cn1c(=NC(=S)NC(=O)c2cc3cc([N+](=O)[O-])ccc3s2)sc2cc(Br)ccc21. The Hall–Kier alpha value is -2.47. The van der Waals surface area contributed by atoms with Gasteiger partial charge in [-0.15, -0.1) is 11.3 Å². The number of hydrogen-bond acceptors (Lipinski definition) is 6. The Bertz CT molecular complexity index is 1390. The molecule has 0 saturated carbocycles. The topological polar surface area (TPSA) is 89.5 Å². The normalized spacial score (nSPS) is 11.9. The summed E-state index contributed by atoms with van der Waals surface area (Å²) in [6.45, 7) is 0. The molecule has 29 heavy (non-hydrogen) atoms. The number of hydrogen-bond donors (Lipinski definition) is 1. The number of non-ortho nitro benzene ring substituents is 1. The molecule has 0 spiro atoms. The third-order valence-corrected chi connectivity index (χ3v) is 7.02. The maximum atomic E-state index is 12.5. The van der Waals surface area contributed by atoms with Gasteiger partial charge in [0.1, 0.15) is 0 Å². The number of aryl methyl sites for hydroxylation is 1. The summed E-state index contributed by atoms with van der Waals surface area (Å²) < 4.78 is 4.70. The van der Waals surface area contributed by atoms with Gasteiger partial charge in [-0.05, 0) is 42.5 Å². The summed E-state index contributed by atoms with van der Waals surface area (Å²) in [5, 5.41) is 14.2. The van der Waals surface area contributed by atoms with Crippen molar-refractivity contribution in [3.63, 3.8) is 0 Å². The first-order valence-corrected chi connectivity index (χ1v) is 11.0. The van der Waals surface area contributed by atoms with Crippen LogP contribution in [0, 0.1) is 10.1 Å². The summed E-state index contributed by atoms with van der Waals surface area (Å²) in [5.41, 5.74) is 0.994. The minimum absolute atomic E-state index is 0.0170. The lowest BCUT2D eigenvalue weighted by molar-refractivity contribution is -0.384. The molecular weight excluding hydrogens is 496 g/mol. The number of thiophene rings is 1. The van der Waals surface area contributed by atoms with Crippen LogP contribution in [0.25, 0.3) is 20.3 Å². The Labute approximate surface area is 185 Å². The Morgan fingerprint density at radius 1 is 1.21 bits per heavy atom. The third kappa shape index (κ3) is 3.99. The number of thiocarbonyl (C=S) groups is 1. The van der Waals surface area contributed by atoms with Gasteiger partial charge >= 0.3 is 0 Å². The molecule has 4 aromatic rings. The number of nitro benzene ring substituents is 1. The van der Waals surface area contributed by atoms with E-state index < -0.39 is 10.8 Å². The highest BCUT2D eigenvalue weighted by molar-refractivity contribution is 9.10. The predicted molar refractivity (Wildman–Crippen MR) is 123 cm³/mol. The van der Waals surface area contributed by atoms with Gasteiger partial charge < -0.3 is 4.57 Å². The molecule has 1 N–H and O–H groups in total. The number of nitrogens with one attached hydrogen (secondary N) is 1. The molecule has 0 aliphatic heterocycles. The molecule has 0 unspecified atom stereocenters. The van der Waals surface area contributed by atoms with E-state index in [9.17, 15) is 14.9 Å². The molecule has 0 saturated heterocycles. The number of rotatable bonds is 2. The largest absolute Gasteiger partial charge is 0.319 e. The standard InChI is InChI=1S/C18H11BrN4O3S3/c1-22-12-4-2-10(19)8-14(12)29-18(22)21-17(27)20-16(24)15-7-9-6-11(23(25)26)3-5-13(9)28-15/h2-8H,1H3,(H,20,24,27). The van der Waals surface area contributed by atoms with Crippen molar-refractivity contribution in [1.82, 2.24) is 9.88 Å². The van der Waals surface area contributed by atoms with Gasteiger partial charge in [0.2, 0.25) is 5.11 Å². The first kappa shape index (κ1) is 19.8. The van der Waals surface area contributed by atoms with Crippen molar-refractivity contribution in [2.75, 3.05) is 0 Å². The number of carbonyl (C=O) groups is 1. The molecule has 2 aromatic heterocycles. The average molecular weight is 507 g/mol. The summed E-state index contributed by atoms with van der Waals surface area (Å²) in [7, 11) is 1.88. The van der Waals surface area contributed by atoms with Crippen molar-refractivity contribution in [3.8, 4) is 0 Å². The number of thiazole rings is 1. The van der Waals surface area contributed by atoms with Gasteiger partial charge in [0.25, 0.3) is 11.6 Å². The van der Waals surface area contributed by atoms with E-state index >= 15 is 0 Å². The number of nitro groups is 1. The lowest BCUT2D eigenvalue weighted by Crippen LogP contribution is -2.29. The minimum atomic E-state index is -0.464. The van der Waals surface area contributed by atoms with E-state index in [1.54, 1.807) is 12.1 Å². The molecule has 0 fully saturated rings. The van der Waals surface area contributed by atoms with Crippen molar-refractivity contribution in [2.45, 2.75) is 0 Å². The summed E-state index contributed by atoms with van der Waals surface area (Å²) in [5.74, 6) is -0.394. The van der Waals surface area contributed by atoms with Gasteiger partial charge in [-0.1, -0.05) is 27.3 Å². The van der Waals surface area contributed by atoms with E-state index in [0.29, 0.717) is 15.1 Å². The smallest absolute Gasteiger partial charge is 0.270 e. The fraction of sp³-hybridized carbons (Fsp3) is 0.0556. The molecule has 0 aliphatic rings. The van der Waals surface area contributed by atoms with Crippen LogP contribution in [0.3, 0.4) is 0 Å². The average Bonchev–Trinajstić information content (AvgIpc) is 3.22.